The van der Waals surface area contributed by atoms with Gasteiger partial charge >= 0.3 is 0 Å². The van der Waals surface area contributed by atoms with Crippen LogP contribution in [-0.4, -0.2) is 30.6 Å². The number of benzene rings is 1. The highest BCUT2D eigenvalue weighted by molar-refractivity contribution is 7.13. The Morgan fingerprint density at radius 3 is 2.91 bits per heavy atom. The summed E-state index contributed by atoms with van der Waals surface area (Å²) in [5.74, 6) is -0.469. The highest BCUT2D eigenvalue weighted by Gasteiger charge is 2.19. The molecule has 0 atom stereocenters. The van der Waals surface area contributed by atoms with E-state index in [4.69, 9.17) is 0 Å². The molecule has 10 heteroatoms. The average molecular weight is 316 g/mol. The maximum atomic E-state index is 12.1. The Bertz CT molecular complexity index is 816. The van der Waals surface area contributed by atoms with Crippen molar-refractivity contribution in [2.24, 2.45) is 0 Å². The number of nitro benzene ring substituents is 1. The van der Waals surface area contributed by atoms with E-state index in [-0.39, 0.29) is 16.9 Å². The molecule has 0 aliphatic rings. The molecular weight excluding hydrogens is 308 g/mol. The maximum Gasteiger partial charge on any atom is 0.295 e. The number of thiazole rings is 1. The van der Waals surface area contributed by atoms with Crippen molar-refractivity contribution in [3.05, 3.63) is 58.1 Å². The summed E-state index contributed by atoms with van der Waals surface area (Å²) in [5, 5.41) is 19.8. The number of carbonyl (C=O) groups is 1. The first kappa shape index (κ1) is 13.8. The van der Waals surface area contributed by atoms with Gasteiger partial charge in [-0.1, -0.05) is 0 Å². The SMILES string of the molecule is O=C(Nc1nccs1)c1ccc(-n2cncn2)c([N+](=O)[O-])c1. The predicted octanol–water partition coefficient (Wildman–Crippen LogP) is 1.88. The monoisotopic (exact) mass is 316 g/mol. The number of hydrogen-bond acceptors (Lipinski definition) is 7. The van der Waals surface area contributed by atoms with Gasteiger partial charge in [0.1, 0.15) is 18.3 Å². The van der Waals surface area contributed by atoms with E-state index in [2.05, 4.69) is 20.4 Å². The Morgan fingerprint density at radius 2 is 2.27 bits per heavy atom. The predicted molar refractivity (Wildman–Crippen MR) is 78.1 cm³/mol. The highest BCUT2D eigenvalue weighted by atomic mass is 32.1. The van der Waals surface area contributed by atoms with Crippen molar-refractivity contribution >= 4 is 28.1 Å². The molecule has 0 aliphatic carbocycles. The lowest BCUT2D eigenvalue weighted by Crippen LogP contribution is -2.12. The molecule has 0 spiro atoms. The summed E-state index contributed by atoms with van der Waals surface area (Å²) in [6, 6.07) is 4.12. The molecule has 0 bridgehead atoms. The van der Waals surface area contributed by atoms with Crippen LogP contribution in [0.5, 0.6) is 0 Å². The number of carbonyl (C=O) groups excluding carboxylic acids is 1. The minimum Gasteiger partial charge on any atom is -0.298 e. The molecule has 0 aliphatic heterocycles. The third-order valence-electron chi connectivity index (χ3n) is 2.75. The van der Waals surface area contributed by atoms with Gasteiger partial charge in [-0.3, -0.25) is 20.2 Å². The van der Waals surface area contributed by atoms with Crippen LogP contribution in [0.4, 0.5) is 10.8 Å². The molecule has 3 rings (SSSR count). The molecule has 0 radical (unpaired) electrons. The number of nitro groups is 1. The second kappa shape index (κ2) is 5.69. The third-order valence-corrected chi connectivity index (χ3v) is 3.44. The summed E-state index contributed by atoms with van der Waals surface area (Å²) in [7, 11) is 0. The normalized spacial score (nSPS) is 10.4. The van der Waals surface area contributed by atoms with E-state index in [9.17, 15) is 14.9 Å². The number of aromatic nitrogens is 4. The number of rotatable bonds is 4. The van der Waals surface area contributed by atoms with Crippen LogP contribution >= 0.6 is 11.3 Å². The van der Waals surface area contributed by atoms with E-state index in [1.807, 2.05) is 0 Å². The number of amides is 1. The fraction of sp³-hybridized carbons (Fsp3) is 0. The fourth-order valence-corrected chi connectivity index (χ4v) is 2.32. The van der Waals surface area contributed by atoms with Gasteiger partial charge in [0.2, 0.25) is 0 Å². The molecule has 9 nitrogen and oxygen atoms in total. The van der Waals surface area contributed by atoms with Crippen LogP contribution in [0.2, 0.25) is 0 Å². The zero-order valence-corrected chi connectivity index (χ0v) is 11.7. The van der Waals surface area contributed by atoms with Crippen LogP contribution < -0.4 is 5.32 Å². The van der Waals surface area contributed by atoms with E-state index >= 15 is 0 Å². The van der Waals surface area contributed by atoms with E-state index < -0.39 is 10.8 Å². The fourth-order valence-electron chi connectivity index (χ4n) is 1.79. The van der Waals surface area contributed by atoms with Crippen LogP contribution in [0.3, 0.4) is 0 Å². The Kier molecular flexibility index (Phi) is 3.58. The van der Waals surface area contributed by atoms with E-state index in [1.165, 1.54) is 46.9 Å². The van der Waals surface area contributed by atoms with Gasteiger partial charge in [0.15, 0.2) is 5.13 Å². The van der Waals surface area contributed by atoms with Gasteiger partial charge in [-0.25, -0.2) is 14.6 Å². The van der Waals surface area contributed by atoms with Crippen molar-refractivity contribution in [3.8, 4) is 5.69 Å². The average Bonchev–Trinajstić information content (AvgIpc) is 3.19. The van der Waals surface area contributed by atoms with Crippen molar-refractivity contribution in [3.63, 3.8) is 0 Å². The molecule has 3 aromatic rings. The second-order valence-electron chi connectivity index (χ2n) is 4.09. The van der Waals surface area contributed by atoms with Gasteiger partial charge < -0.3 is 0 Å². The summed E-state index contributed by atoms with van der Waals surface area (Å²) in [5.41, 5.74) is 0.149. The lowest BCUT2D eigenvalue weighted by molar-refractivity contribution is -0.384. The first-order valence-electron chi connectivity index (χ1n) is 5.99. The highest BCUT2D eigenvalue weighted by Crippen LogP contribution is 2.24. The van der Waals surface area contributed by atoms with Crippen LogP contribution in [0.15, 0.2) is 42.4 Å². The second-order valence-corrected chi connectivity index (χ2v) is 4.99. The minimum atomic E-state index is -0.572. The zero-order chi connectivity index (χ0) is 15.5. The molecule has 0 saturated carbocycles. The van der Waals surface area contributed by atoms with E-state index in [1.54, 1.807) is 11.6 Å². The quantitative estimate of drug-likeness (QED) is 0.580. The molecule has 110 valence electrons. The smallest absolute Gasteiger partial charge is 0.295 e. The lowest BCUT2D eigenvalue weighted by Gasteiger charge is -2.05. The molecule has 2 heterocycles. The zero-order valence-electron chi connectivity index (χ0n) is 10.9. The summed E-state index contributed by atoms with van der Waals surface area (Å²) in [6.07, 6.45) is 4.17. The molecule has 1 aromatic carbocycles. The first-order valence-corrected chi connectivity index (χ1v) is 6.87. The molecule has 22 heavy (non-hydrogen) atoms. The van der Waals surface area contributed by atoms with Crippen molar-refractivity contribution < 1.29 is 9.72 Å². The van der Waals surface area contributed by atoms with E-state index in [0.717, 1.165) is 0 Å². The number of anilines is 1. The summed E-state index contributed by atoms with van der Waals surface area (Å²) in [6.45, 7) is 0. The first-order chi connectivity index (χ1) is 10.6. The third kappa shape index (κ3) is 2.67. The maximum absolute atomic E-state index is 12.1. The molecule has 0 fully saturated rings. The molecule has 0 unspecified atom stereocenters. The van der Waals surface area contributed by atoms with Gasteiger partial charge in [-0.15, -0.1) is 11.3 Å². The van der Waals surface area contributed by atoms with Crippen molar-refractivity contribution in [1.82, 2.24) is 19.7 Å². The van der Waals surface area contributed by atoms with Gasteiger partial charge in [0.05, 0.1) is 4.92 Å². The van der Waals surface area contributed by atoms with Gasteiger partial charge in [0, 0.05) is 23.2 Å². The molecular formula is C12H8N6O3S. The Labute approximate surface area is 127 Å². The molecule has 2 aromatic heterocycles. The van der Waals surface area contributed by atoms with Crippen molar-refractivity contribution in [2.75, 3.05) is 5.32 Å². The molecule has 1 amide bonds. The summed E-state index contributed by atoms with van der Waals surface area (Å²) < 4.78 is 1.26. The van der Waals surface area contributed by atoms with Gasteiger partial charge in [-0.05, 0) is 12.1 Å². The molecule has 1 N–H and O–H groups in total. The van der Waals surface area contributed by atoms with Crippen molar-refractivity contribution in [1.29, 1.82) is 0 Å². The van der Waals surface area contributed by atoms with Crippen LogP contribution in [0.25, 0.3) is 5.69 Å². The topological polar surface area (TPSA) is 116 Å². The number of hydrogen-bond donors (Lipinski definition) is 1. The summed E-state index contributed by atoms with van der Waals surface area (Å²) in [4.78, 5) is 30.4. The van der Waals surface area contributed by atoms with E-state index in [0.29, 0.717) is 5.13 Å². The lowest BCUT2D eigenvalue weighted by atomic mass is 10.1. The Morgan fingerprint density at radius 1 is 1.41 bits per heavy atom. The minimum absolute atomic E-state index is 0.158. The standard InChI is InChI=1S/C12H8N6O3S/c19-11(16-12-14-3-4-22-12)8-1-2-9(10(5-8)18(20)21)17-7-13-6-15-17/h1-7H,(H,14,16,19). The van der Waals surface area contributed by atoms with Gasteiger partial charge in [-0.2, -0.15) is 5.10 Å². The molecule has 0 saturated heterocycles. The van der Waals surface area contributed by atoms with Crippen LogP contribution in [0, 0.1) is 10.1 Å². The Balaban J connectivity index is 1.95. The van der Waals surface area contributed by atoms with Crippen LogP contribution in [-0.2, 0) is 0 Å². The largest absolute Gasteiger partial charge is 0.298 e. The van der Waals surface area contributed by atoms with Crippen LogP contribution in [0.1, 0.15) is 10.4 Å². The van der Waals surface area contributed by atoms with Crippen molar-refractivity contribution in [2.45, 2.75) is 0 Å². The van der Waals surface area contributed by atoms with Gasteiger partial charge in [0.25, 0.3) is 11.6 Å². The summed E-state index contributed by atoms with van der Waals surface area (Å²) >= 11 is 1.26. The number of nitrogens with one attached hydrogen (secondary N) is 1. The number of nitrogens with zero attached hydrogens (tertiary/aromatic N) is 5. The Hall–Kier alpha value is -3.14.